The Labute approximate surface area is 71.2 Å². The number of fused-ring (bicyclic) bond motifs is 1. The van der Waals surface area contributed by atoms with Crippen molar-refractivity contribution in [2.24, 2.45) is 0 Å². The predicted octanol–water partition coefficient (Wildman–Crippen LogP) is 2.52. The van der Waals surface area contributed by atoms with Crippen LogP contribution in [0.4, 0.5) is 5.69 Å². The van der Waals surface area contributed by atoms with Gasteiger partial charge in [-0.25, -0.2) is 0 Å². The Kier molecular flexibility index (Phi) is 1.64. The fourth-order valence-corrected chi connectivity index (χ4v) is 2.91. The summed E-state index contributed by atoms with van der Waals surface area (Å²) >= 11 is 1.89. The zero-order valence-corrected chi connectivity index (χ0v) is 7.63. The average molecular weight is 167 g/mol. The third-order valence-electron chi connectivity index (χ3n) is 2.40. The molecule has 0 radical (unpaired) electrons. The molecule has 0 amide bonds. The Morgan fingerprint density at radius 3 is 2.73 bits per heavy atom. The summed E-state index contributed by atoms with van der Waals surface area (Å²) in [5.74, 6) is 0. The number of thiophene rings is 1. The third kappa shape index (κ3) is 1.06. The summed E-state index contributed by atoms with van der Waals surface area (Å²) in [7, 11) is 0. The van der Waals surface area contributed by atoms with Crippen LogP contribution in [0.15, 0.2) is 0 Å². The van der Waals surface area contributed by atoms with E-state index in [-0.39, 0.29) is 0 Å². The van der Waals surface area contributed by atoms with Crippen LogP contribution in [0.3, 0.4) is 0 Å². The van der Waals surface area contributed by atoms with Crippen molar-refractivity contribution in [3.63, 3.8) is 0 Å². The summed E-state index contributed by atoms with van der Waals surface area (Å²) < 4.78 is 0. The van der Waals surface area contributed by atoms with E-state index in [9.17, 15) is 0 Å². The van der Waals surface area contributed by atoms with Crippen LogP contribution in [-0.4, -0.2) is 0 Å². The normalized spacial score (nSPS) is 16.5. The van der Waals surface area contributed by atoms with Crippen LogP contribution in [0.1, 0.15) is 28.2 Å². The maximum Gasteiger partial charge on any atom is 0.0487 e. The van der Waals surface area contributed by atoms with Crippen molar-refractivity contribution >= 4 is 17.0 Å². The van der Waals surface area contributed by atoms with Crippen LogP contribution >= 0.6 is 11.3 Å². The van der Waals surface area contributed by atoms with Crippen LogP contribution in [0.5, 0.6) is 0 Å². The largest absolute Gasteiger partial charge is 0.398 e. The van der Waals surface area contributed by atoms with Gasteiger partial charge in [-0.1, -0.05) is 0 Å². The number of anilines is 1. The SMILES string of the molecule is Cc1sc2c(c1N)CCCC2. The average Bonchev–Trinajstić information content (AvgIpc) is 2.30. The zero-order chi connectivity index (χ0) is 7.84. The first-order chi connectivity index (χ1) is 5.29. The highest BCUT2D eigenvalue weighted by atomic mass is 32.1. The van der Waals surface area contributed by atoms with Crippen LogP contribution < -0.4 is 5.73 Å². The van der Waals surface area contributed by atoms with Gasteiger partial charge in [-0.05, 0) is 38.2 Å². The minimum absolute atomic E-state index is 1.07. The van der Waals surface area contributed by atoms with Crippen molar-refractivity contribution in [1.82, 2.24) is 0 Å². The van der Waals surface area contributed by atoms with Gasteiger partial charge in [-0.2, -0.15) is 0 Å². The van der Waals surface area contributed by atoms with Gasteiger partial charge in [0.25, 0.3) is 0 Å². The molecule has 11 heavy (non-hydrogen) atoms. The first-order valence-electron chi connectivity index (χ1n) is 4.15. The molecule has 1 aliphatic rings. The molecule has 1 heterocycles. The molecule has 1 aliphatic carbocycles. The molecule has 1 aromatic heterocycles. The molecule has 0 saturated heterocycles. The van der Waals surface area contributed by atoms with Gasteiger partial charge in [-0.3, -0.25) is 0 Å². The van der Waals surface area contributed by atoms with Gasteiger partial charge in [0.2, 0.25) is 0 Å². The smallest absolute Gasteiger partial charge is 0.0487 e. The second kappa shape index (κ2) is 2.52. The van der Waals surface area contributed by atoms with Crippen molar-refractivity contribution in [3.8, 4) is 0 Å². The van der Waals surface area contributed by atoms with Crippen LogP contribution in [0, 0.1) is 6.92 Å². The van der Waals surface area contributed by atoms with E-state index in [1.165, 1.54) is 36.1 Å². The molecule has 0 saturated carbocycles. The van der Waals surface area contributed by atoms with E-state index in [1.54, 1.807) is 4.88 Å². The van der Waals surface area contributed by atoms with E-state index in [2.05, 4.69) is 6.92 Å². The minimum Gasteiger partial charge on any atom is -0.398 e. The molecule has 2 rings (SSSR count). The Balaban J connectivity index is 2.50. The third-order valence-corrected chi connectivity index (χ3v) is 3.62. The molecule has 0 bridgehead atoms. The zero-order valence-electron chi connectivity index (χ0n) is 6.81. The lowest BCUT2D eigenvalue weighted by Crippen LogP contribution is -2.00. The molecular formula is C9H13NS. The highest BCUT2D eigenvalue weighted by Crippen LogP contribution is 2.35. The lowest BCUT2D eigenvalue weighted by atomic mass is 9.98. The van der Waals surface area contributed by atoms with Gasteiger partial charge < -0.3 is 5.73 Å². The van der Waals surface area contributed by atoms with Gasteiger partial charge in [0, 0.05) is 15.4 Å². The summed E-state index contributed by atoms with van der Waals surface area (Å²) in [4.78, 5) is 2.86. The van der Waals surface area contributed by atoms with Crippen molar-refractivity contribution in [2.45, 2.75) is 32.6 Å². The summed E-state index contributed by atoms with van der Waals surface area (Å²) in [6, 6.07) is 0. The molecule has 60 valence electrons. The Morgan fingerprint density at radius 2 is 2.00 bits per heavy atom. The lowest BCUT2D eigenvalue weighted by Gasteiger charge is -2.10. The van der Waals surface area contributed by atoms with Crippen molar-refractivity contribution < 1.29 is 0 Å². The monoisotopic (exact) mass is 167 g/mol. The molecule has 0 unspecified atom stereocenters. The van der Waals surface area contributed by atoms with E-state index in [0.29, 0.717) is 0 Å². The summed E-state index contributed by atoms with van der Waals surface area (Å²) in [6.07, 6.45) is 5.16. The number of rotatable bonds is 0. The molecule has 0 spiro atoms. The molecule has 2 heteroatoms. The Hall–Kier alpha value is -0.500. The van der Waals surface area contributed by atoms with Crippen LogP contribution in [-0.2, 0) is 12.8 Å². The number of nitrogens with two attached hydrogens (primary N) is 1. The van der Waals surface area contributed by atoms with Gasteiger partial charge >= 0.3 is 0 Å². The number of hydrogen-bond donors (Lipinski definition) is 1. The predicted molar refractivity (Wildman–Crippen MR) is 50.1 cm³/mol. The Bertz CT molecular complexity index is 275. The topological polar surface area (TPSA) is 26.0 Å². The Morgan fingerprint density at radius 1 is 1.27 bits per heavy atom. The standard InChI is InChI=1S/C9H13NS/c1-6-9(10)7-4-2-3-5-8(7)11-6/h2-5,10H2,1H3. The molecule has 0 aliphatic heterocycles. The summed E-state index contributed by atoms with van der Waals surface area (Å²) in [5, 5.41) is 0. The number of aryl methyl sites for hydroxylation is 2. The van der Waals surface area contributed by atoms with Gasteiger partial charge in [-0.15, -0.1) is 11.3 Å². The van der Waals surface area contributed by atoms with E-state index in [1.807, 2.05) is 11.3 Å². The molecule has 0 fully saturated rings. The lowest BCUT2D eigenvalue weighted by molar-refractivity contribution is 0.698. The highest BCUT2D eigenvalue weighted by molar-refractivity contribution is 7.12. The molecule has 0 atom stereocenters. The second-order valence-corrected chi connectivity index (χ2v) is 4.49. The molecule has 2 N–H and O–H groups in total. The first-order valence-corrected chi connectivity index (χ1v) is 4.97. The molecule has 1 aromatic rings. The van der Waals surface area contributed by atoms with Gasteiger partial charge in [0.1, 0.15) is 0 Å². The van der Waals surface area contributed by atoms with E-state index in [4.69, 9.17) is 5.73 Å². The second-order valence-electron chi connectivity index (χ2n) is 3.18. The highest BCUT2D eigenvalue weighted by Gasteiger charge is 2.15. The molecule has 0 aromatic carbocycles. The van der Waals surface area contributed by atoms with E-state index < -0.39 is 0 Å². The first kappa shape index (κ1) is 7.17. The van der Waals surface area contributed by atoms with Crippen molar-refractivity contribution in [1.29, 1.82) is 0 Å². The van der Waals surface area contributed by atoms with Gasteiger partial charge in [0.15, 0.2) is 0 Å². The maximum absolute atomic E-state index is 5.93. The van der Waals surface area contributed by atoms with Crippen molar-refractivity contribution in [3.05, 3.63) is 15.3 Å². The molecular weight excluding hydrogens is 154 g/mol. The van der Waals surface area contributed by atoms with Crippen LogP contribution in [0.2, 0.25) is 0 Å². The summed E-state index contributed by atoms with van der Waals surface area (Å²) in [5.41, 5.74) is 8.46. The summed E-state index contributed by atoms with van der Waals surface area (Å²) in [6.45, 7) is 2.12. The number of nitrogen functional groups attached to an aromatic ring is 1. The minimum atomic E-state index is 1.07. The van der Waals surface area contributed by atoms with Crippen LogP contribution in [0.25, 0.3) is 0 Å². The quantitative estimate of drug-likeness (QED) is 0.631. The fourth-order valence-electron chi connectivity index (χ4n) is 1.73. The number of hydrogen-bond acceptors (Lipinski definition) is 2. The van der Waals surface area contributed by atoms with E-state index in [0.717, 1.165) is 5.69 Å². The van der Waals surface area contributed by atoms with E-state index >= 15 is 0 Å². The fraction of sp³-hybridized carbons (Fsp3) is 0.556. The molecule has 1 nitrogen and oxygen atoms in total. The maximum atomic E-state index is 5.93. The van der Waals surface area contributed by atoms with Crippen molar-refractivity contribution in [2.75, 3.05) is 5.73 Å². The van der Waals surface area contributed by atoms with Gasteiger partial charge in [0.05, 0.1) is 0 Å².